The van der Waals surface area contributed by atoms with E-state index >= 15 is 0 Å². The molecule has 8 nitrogen and oxygen atoms in total. The fraction of sp³-hybridized carbons (Fsp3) is 0.591. The van der Waals surface area contributed by atoms with Crippen LogP contribution >= 0.6 is 24.0 Å². The van der Waals surface area contributed by atoms with Crippen molar-refractivity contribution in [3.63, 3.8) is 0 Å². The van der Waals surface area contributed by atoms with Gasteiger partial charge in [0.1, 0.15) is 5.60 Å². The van der Waals surface area contributed by atoms with E-state index in [1.807, 2.05) is 39.0 Å². The average molecular weight is 547 g/mol. The monoisotopic (exact) mass is 547 g/mol. The normalized spacial score (nSPS) is 12.3. The number of halogens is 1. The second kappa shape index (κ2) is 14.9. The number of carbonyl (C=O) groups is 2. The van der Waals surface area contributed by atoms with Gasteiger partial charge in [-0.25, -0.2) is 4.79 Å². The van der Waals surface area contributed by atoms with Crippen molar-refractivity contribution in [3.05, 3.63) is 35.4 Å². The van der Waals surface area contributed by atoms with E-state index in [1.165, 1.54) is 0 Å². The molecule has 0 aliphatic carbocycles. The number of ether oxygens (including phenoxy) is 1. The Kier molecular flexibility index (Phi) is 13.9. The van der Waals surface area contributed by atoms with E-state index in [1.54, 1.807) is 20.2 Å². The zero-order chi connectivity index (χ0) is 22.6. The second-order valence-corrected chi connectivity index (χ2v) is 8.04. The van der Waals surface area contributed by atoms with Gasteiger partial charge in [0.05, 0.1) is 0 Å². The third-order valence-corrected chi connectivity index (χ3v) is 4.22. The SMILES string of the molecule is CCCC(CNC(=NC)NCCc1cccc(C(=O)NC)c1)NC(=O)OC(C)(C)C.I. The Balaban J connectivity index is 0.00000900. The van der Waals surface area contributed by atoms with Crippen molar-refractivity contribution in [2.45, 2.75) is 58.6 Å². The summed E-state index contributed by atoms with van der Waals surface area (Å²) in [4.78, 5) is 28.0. The van der Waals surface area contributed by atoms with Gasteiger partial charge in [0.25, 0.3) is 5.91 Å². The highest BCUT2D eigenvalue weighted by atomic mass is 127. The van der Waals surface area contributed by atoms with E-state index in [9.17, 15) is 9.59 Å². The number of nitrogens with zero attached hydrogens (tertiary/aromatic N) is 1. The molecule has 0 saturated carbocycles. The van der Waals surface area contributed by atoms with Crippen LogP contribution in [0.2, 0.25) is 0 Å². The molecular formula is C22H38IN5O3. The third-order valence-electron chi connectivity index (χ3n) is 4.22. The van der Waals surface area contributed by atoms with Gasteiger partial charge in [0.2, 0.25) is 0 Å². The summed E-state index contributed by atoms with van der Waals surface area (Å²) in [6.45, 7) is 8.80. The second-order valence-electron chi connectivity index (χ2n) is 8.04. The van der Waals surface area contributed by atoms with Crippen molar-refractivity contribution < 1.29 is 14.3 Å². The maximum Gasteiger partial charge on any atom is 0.407 e. The van der Waals surface area contributed by atoms with Crippen molar-refractivity contribution in [1.29, 1.82) is 0 Å². The minimum Gasteiger partial charge on any atom is -0.444 e. The quantitative estimate of drug-likeness (QED) is 0.216. The Morgan fingerprint density at radius 1 is 1.19 bits per heavy atom. The van der Waals surface area contributed by atoms with Gasteiger partial charge in [-0.1, -0.05) is 25.5 Å². The van der Waals surface area contributed by atoms with Crippen LogP contribution in [0.25, 0.3) is 0 Å². The third kappa shape index (κ3) is 12.4. The number of hydrogen-bond acceptors (Lipinski definition) is 4. The first-order chi connectivity index (χ1) is 14.2. The molecule has 1 unspecified atom stereocenters. The van der Waals surface area contributed by atoms with Crippen molar-refractivity contribution in [2.75, 3.05) is 27.2 Å². The summed E-state index contributed by atoms with van der Waals surface area (Å²) >= 11 is 0. The minimum absolute atomic E-state index is 0. The molecule has 0 radical (unpaired) electrons. The maximum absolute atomic E-state index is 12.0. The summed E-state index contributed by atoms with van der Waals surface area (Å²) in [7, 11) is 3.33. The molecule has 0 bridgehead atoms. The molecule has 0 aliphatic heterocycles. The van der Waals surface area contributed by atoms with Gasteiger partial charge in [-0.05, 0) is 51.3 Å². The van der Waals surface area contributed by atoms with E-state index in [2.05, 4.69) is 33.2 Å². The van der Waals surface area contributed by atoms with Gasteiger partial charge in [0.15, 0.2) is 5.96 Å². The smallest absolute Gasteiger partial charge is 0.407 e. The lowest BCUT2D eigenvalue weighted by Crippen LogP contribution is -2.48. The van der Waals surface area contributed by atoms with Gasteiger partial charge in [0, 0.05) is 38.8 Å². The van der Waals surface area contributed by atoms with Crippen LogP contribution < -0.4 is 21.3 Å². The summed E-state index contributed by atoms with van der Waals surface area (Å²) in [5.41, 5.74) is 1.18. The summed E-state index contributed by atoms with van der Waals surface area (Å²) in [6, 6.07) is 7.49. The van der Waals surface area contributed by atoms with E-state index in [0.717, 1.165) is 24.8 Å². The van der Waals surface area contributed by atoms with Crippen LogP contribution in [0.15, 0.2) is 29.3 Å². The molecule has 1 rings (SSSR count). The molecule has 1 aromatic carbocycles. The van der Waals surface area contributed by atoms with Gasteiger partial charge < -0.3 is 26.0 Å². The van der Waals surface area contributed by atoms with Gasteiger partial charge in [-0.3, -0.25) is 9.79 Å². The first-order valence-electron chi connectivity index (χ1n) is 10.4. The molecule has 9 heteroatoms. The first-order valence-corrected chi connectivity index (χ1v) is 10.4. The molecule has 4 N–H and O–H groups in total. The molecule has 0 aliphatic rings. The van der Waals surface area contributed by atoms with Crippen LogP contribution in [0.5, 0.6) is 0 Å². The van der Waals surface area contributed by atoms with Crippen LogP contribution in [0.4, 0.5) is 4.79 Å². The van der Waals surface area contributed by atoms with E-state index < -0.39 is 11.7 Å². The van der Waals surface area contributed by atoms with Crippen molar-refractivity contribution in [3.8, 4) is 0 Å². The lowest BCUT2D eigenvalue weighted by Gasteiger charge is -2.24. The van der Waals surface area contributed by atoms with Gasteiger partial charge in [-0.15, -0.1) is 24.0 Å². The summed E-state index contributed by atoms with van der Waals surface area (Å²) in [6.07, 6.45) is 2.10. The van der Waals surface area contributed by atoms with Gasteiger partial charge >= 0.3 is 6.09 Å². The zero-order valence-corrected chi connectivity index (χ0v) is 21.8. The number of carbonyl (C=O) groups excluding carboxylic acids is 2. The van der Waals surface area contributed by atoms with Crippen molar-refractivity contribution in [1.82, 2.24) is 21.3 Å². The predicted octanol–water partition coefficient (Wildman–Crippen LogP) is 3.07. The first kappa shape index (κ1) is 29.0. The molecule has 0 spiro atoms. The number of aliphatic imine (C=N–C) groups is 1. The predicted molar refractivity (Wildman–Crippen MR) is 136 cm³/mol. The van der Waals surface area contributed by atoms with Gasteiger partial charge in [-0.2, -0.15) is 0 Å². The van der Waals surface area contributed by atoms with E-state index in [0.29, 0.717) is 24.6 Å². The standard InChI is InChI=1S/C22H37N5O3.HI/c1-7-9-18(27-21(29)30-22(2,3)4)15-26-20(24-6)25-13-12-16-10-8-11-17(14-16)19(28)23-5;/h8,10-11,14,18H,7,9,12-13,15H2,1-6H3,(H,23,28)(H,27,29)(H2,24,25,26);1H. The number of guanidine groups is 1. The van der Waals surface area contributed by atoms with Crippen molar-refractivity contribution >= 4 is 41.9 Å². The fourth-order valence-electron chi connectivity index (χ4n) is 2.83. The Morgan fingerprint density at radius 3 is 2.48 bits per heavy atom. The molecule has 0 heterocycles. The summed E-state index contributed by atoms with van der Waals surface area (Å²) in [5.74, 6) is 0.561. The van der Waals surface area contributed by atoms with Crippen LogP contribution in [-0.2, 0) is 11.2 Å². The molecule has 31 heavy (non-hydrogen) atoms. The molecule has 0 saturated heterocycles. The van der Waals surface area contributed by atoms with Crippen LogP contribution in [0.1, 0.15) is 56.5 Å². The molecule has 2 amide bonds. The van der Waals surface area contributed by atoms with E-state index in [-0.39, 0.29) is 35.9 Å². The van der Waals surface area contributed by atoms with E-state index in [4.69, 9.17) is 4.74 Å². The number of alkyl carbamates (subject to hydrolysis) is 1. The van der Waals surface area contributed by atoms with Crippen LogP contribution in [0, 0.1) is 0 Å². The number of amides is 2. The Morgan fingerprint density at radius 2 is 1.90 bits per heavy atom. The Hall–Kier alpha value is -2.04. The molecular weight excluding hydrogens is 509 g/mol. The molecule has 176 valence electrons. The lowest BCUT2D eigenvalue weighted by molar-refractivity contribution is 0.0502. The number of rotatable bonds is 9. The van der Waals surface area contributed by atoms with Crippen LogP contribution in [0.3, 0.4) is 0 Å². The molecule has 1 aromatic rings. The zero-order valence-electron chi connectivity index (χ0n) is 19.5. The highest BCUT2D eigenvalue weighted by Crippen LogP contribution is 2.08. The fourth-order valence-corrected chi connectivity index (χ4v) is 2.83. The van der Waals surface area contributed by atoms with Crippen LogP contribution in [-0.4, -0.2) is 56.8 Å². The molecule has 0 aromatic heterocycles. The van der Waals surface area contributed by atoms with Crippen molar-refractivity contribution in [2.24, 2.45) is 4.99 Å². The summed E-state index contributed by atoms with van der Waals surface area (Å²) < 4.78 is 5.34. The highest BCUT2D eigenvalue weighted by Gasteiger charge is 2.19. The number of hydrogen-bond donors (Lipinski definition) is 4. The largest absolute Gasteiger partial charge is 0.444 e. The molecule has 0 fully saturated rings. The number of benzene rings is 1. The molecule has 1 atom stereocenters. The summed E-state index contributed by atoms with van der Waals surface area (Å²) in [5, 5.41) is 12.1. The maximum atomic E-state index is 12.0. The Bertz CT molecular complexity index is 719. The lowest BCUT2D eigenvalue weighted by atomic mass is 10.1. The highest BCUT2D eigenvalue weighted by molar-refractivity contribution is 14.0. The minimum atomic E-state index is -0.527. The number of nitrogens with one attached hydrogen (secondary N) is 4. The Labute approximate surface area is 203 Å². The average Bonchev–Trinajstić information content (AvgIpc) is 2.68. The topological polar surface area (TPSA) is 104 Å².